The Balaban J connectivity index is 1.82. The summed E-state index contributed by atoms with van der Waals surface area (Å²) in [5, 5.41) is 3.52. The van der Waals surface area contributed by atoms with Crippen LogP contribution in [0.4, 0.5) is 0 Å². The first-order valence-corrected chi connectivity index (χ1v) is 8.51. The summed E-state index contributed by atoms with van der Waals surface area (Å²) in [7, 11) is 0. The lowest BCUT2D eigenvalue weighted by Gasteiger charge is -2.18. The average Bonchev–Trinajstić information content (AvgIpc) is 2.62. The van der Waals surface area contributed by atoms with Crippen LogP contribution in [0.2, 0.25) is 0 Å². The van der Waals surface area contributed by atoms with Crippen LogP contribution in [0.15, 0.2) is 54.6 Å². The van der Waals surface area contributed by atoms with Crippen LogP contribution in [0.25, 0.3) is 0 Å². The highest BCUT2D eigenvalue weighted by molar-refractivity contribution is 5.33. The van der Waals surface area contributed by atoms with E-state index in [-0.39, 0.29) is 0 Å². The van der Waals surface area contributed by atoms with Gasteiger partial charge in [-0.05, 0) is 24.7 Å². The van der Waals surface area contributed by atoms with Gasteiger partial charge in [-0.1, -0.05) is 62.4 Å². The summed E-state index contributed by atoms with van der Waals surface area (Å²) in [6, 6.07) is 18.6. The molecule has 0 heterocycles. The Morgan fingerprint density at radius 1 is 0.913 bits per heavy atom. The molecule has 0 fully saturated rings. The van der Waals surface area contributed by atoms with Gasteiger partial charge in [-0.25, -0.2) is 0 Å². The molecule has 3 heteroatoms. The zero-order valence-electron chi connectivity index (χ0n) is 14.3. The Bertz CT molecular complexity index is 553. The molecule has 0 saturated carbocycles. The zero-order chi connectivity index (χ0) is 16.3. The fourth-order valence-electron chi connectivity index (χ4n) is 2.53. The highest BCUT2D eigenvalue weighted by atomic mass is 16.5. The van der Waals surface area contributed by atoms with Crippen LogP contribution in [0.5, 0.6) is 5.75 Å². The lowest BCUT2D eigenvalue weighted by Crippen LogP contribution is -2.31. The van der Waals surface area contributed by atoms with Crippen molar-refractivity contribution in [2.45, 2.75) is 27.0 Å². The van der Waals surface area contributed by atoms with Crippen LogP contribution < -0.4 is 10.1 Å². The van der Waals surface area contributed by atoms with Crippen molar-refractivity contribution in [3.8, 4) is 5.75 Å². The molecule has 2 aromatic rings. The van der Waals surface area contributed by atoms with Crippen molar-refractivity contribution >= 4 is 0 Å². The summed E-state index contributed by atoms with van der Waals surface area (Å²) < 4.78 is 5.99. The van der Waals surface area contributed by atoms with Crippen LogP contribution in [-0.4, -0.2) is 31.1 Å². The van der Waals surface area contributed by atoms with Crippen molar-refractivity contribution < 1.29 is 4.74 Å². The van der Waals surface area contributed by atoms with E-state index in [1.165, 1.54) is 11.1 Å². The Kier molecular flexibility index (Phi) is 7.64. The summed E-state index contributed by atoms with van der Waals surface area (Å²) in [6.45, 7) is 10.1. The number of ether oxygens (including phenoxy) is 1. The molecule has 0 aromatic heterocycles. The second kappa shape index (κ2) is 10.0. The standard InChI is InChI=1S/C20H28N2O/c1-3-22(4-2)15-14-21-16-19-12-8-9-13-20(19)23-17-18-10-6-5-7-11-18/h5-13,21H,3-4,14-17H2,1-2H3. The third-order valence-electron chi connectivity index (χ3n) is 4.02. The van der Waals surface area contributed by atoms with Gasteiger partial charge in [-0.2, -0.15) is 0 Å². The topological polar surface area (TPSA) is 24.5 Å². The maximum absolute atomic E-state index is 5.99. The lowest BCUT2D eigenvalue weighted by molar-refractivity contribution is 0.296. The van der Waals surface area contributed by atoms with Gasteiger partial charge in [0.05, 0.1) is 0 Å². The molecule has 0 bridgehead atoms. The van der Waals surface area contributed by atoms with Crippen LogP contribution in [0.1, 0.15) is 25.0 Å². The van der Waals surface area contributed by atoms with Gasteiger partial charge in [0.25, 0.3) is 0 Å². The molecule has 2 aromatic carbocycles. The molecule has 0 unspecified atom stereocenters. The van der Waals surface area contributed by atoms with Gasteiger partial charge in [0.15, 0.2) is 0 Å². The molecular weight excluding hydrogens is 284 g/mol. The molecule has 1 N–H and O–H groups in total. The van der Waals surface area contributed by atoms with E-state index in [1.807, 2.05) is 30.3 Å². The third-order valence-corrected chi connectivity index (χ3v) is 4.02. The first kappa shape index (κ1) is 17.5. The van der Waals surface area contributed by atoms with Crippen molar-refractivity contribution in [1.82, 2.24) is 10.2 Å². The van der Waals surface area contributed by atoms with Crippen LogP contribution >= 0.6 is 0 Å². The minimum atomic E-state index is 0.608. The van der Waals surface area contributed by atoms with E-state index in [2.05, 4.69) is 48.3 Å². The molecule has 0 atom stereocenters. The Labute approximate surface area is 140 Å². The van der Waals surface area contributed by atoms with Gasteiger partial charge in [-0.15, -0.1) is 0 Å². The van der Waals surface area contributed by atoms with Crippen LogP contribution in [0, 0.1) is 0 Å². The second-order valence-corrected chi connectivity index (χ2v) is 5.59. The van der Waals surface area contributed by atoms with E-state index in [9.17, 15) is 0 Å². The molecule has 2 rings (SSSR count). The van der Waals surface area contributed by atoms with E-state index >= 15 is 0 Å². The average molecular weight is 312 g/mol. The van der Waals surface area contributed by atoms with Crippen LogP contribution in [0.3, 0.4) is 0 Å². The number of rotatable bonds is 10. The van der Waals surface area contributed by atoms with Crippen molar-refractivity contribution in [2.75, 3.05) is 26.2 Å². The summed E-state index contributed by atoms with van der Waals surface area (Å²) >= 11 is 0. The molecule has 0 aliphatic rings. The molecule has 0 amide bonds. The number of nitrogens with zero attached hydrogens (tertiary/aromatic N) is 1. The van der Waals surface area contributed by atoms with Crippen molar-refractivity contribution in [2.24, 2.45) is 0 Å². The summed E-state index contributed by atoms with van der Waals surface area (Å²) in [4.78, 5) is 2.42. The molecule has 3 nitrogen and oxygen atoms in total. The number of benzene rings is 2. The Morgan fingerprint density at radius 3 is 2.35 bits per heavy atom. The molecule has 0 radical (unpaired) electrons. The zero-order valence-corrected chi connectivity index (χ0v) is 14.3. The highest BCUT2D eigenvalue weighted by Gasteiger charge is 2.04. The summed E-state index contributed by atoms with van der Waals surface area (Å²) in [6.07, 6.45) is 0. The fourth-order valence-corrected chi connectivity index (χ4v) is 2.53. The molecule has 0 saturated heterocycles. The SMILES string of the molecule is CCN(CC)CCNCc1ccccc1OCc1ccccc1. The largest absolute Gasteiger partial charge is 0.489 e. The maximum Gasteiger partial charge on any atom is 0.124 e. The normalized spacial score (nSPS) is 10.9. The second-order valence-electron chi connectivity index (χ2n) is 5.59. The number of hydrogen-bond acceptors (Lipinski definition) is 3. The number of para-hydroxylation sites is 1. The summed E-state index contributed by atoms with van der Waals surface area (Å²) in [5.41, 5.74) is 2.40. The van der Waals surface area contributed by atoms with Crippen molar-refractivity contribution in [3.05, 3.63) is 65.7 Å². The predicted octanol–water partition coefficient (Wildman–Crippen LogP) is 3.70. The first-order chi connectivity index (χ1) is 11.3. The lowest BCUT2D eigenvalue weighted by atomic mass is 10.2. The molecule has 23 heavy (non-hydrogen) atoms. The van der Waals surface area contributed by atoms with E-state index in [0.29, 0.717) is 6.61 Å². The molecule has 0 aliphatic heterocycles. The highest BCUT2D eigenvalue weighted by Crippen LogP contribution is 2.19. The number of hydrogen-bond donors (Lipinski definition) is 1. The van der Waals surface area contributed by atoms with Crippen molar-refractivity contribution in [3.63, 3.8) is 0 Å². The molecular formula is C20H28N2O. The first-order valence-electron chi connectivity index (χ1n) is 8.51. The van der Waals surface area contributed by atoms with Gasteiger partial charge >= 0.3 is 0 Å². The van der Waals surface area contributed by atoms with Crippen molar-refractivity contribution in [1.29, 1.82) is 0 Å². The van der Waals surface area contributed by atoms with E-state index in [4.69, 9.17) is 4.74 Å². The minimum Gasteiger partial charge on any atom is -0.489 e. The molecule has 0 spiro atoms. The molecule has 124 valence electrons. The number of nitrogens with one attached hydrogen (secondary N) is 1. The predicted molar refractivity (Wildman–Crippen MR) is 96.7 cm³/mol. The fraction of sp³-hybridized carbons (Fsp3) is 0.400. The minimum absolute atomic E-state index is 0.608. The number of likely N-dealkylation sites (N-methyl/N-ethyl adjacent to an activating group) is 1. The third kappa shape index (κ3) is 6.05. The van der Waals surface area contributed by atoms with Gasteiger partial charge in [0, 0.05) is 25.2 Å². The summed E-state index contributed by atoms with van der Waals surface area (Å²) in [5.74, 6) is 0.965. The monoisotopic (exact) mass is 312 g/mol. The molecule has 0 aliphatic carbocycles. The van der Waals surface area contributed by atoms with Gasteiger partial charge in [0.2, 0.25) is 0 Å². The smallest absolute Gasteiger partial charge is 0.124 e. The maximum atomic E-state index is 5.99. The Hall–Kier alpha value is -1.84. The Morgan fingerprint density at radius 2 is 1.61 bits per heavy atom. The van der Waals surface area contributed by atoms with Crippen LogP contribution in [-0.2, 0) is 13.2 Å². The van der Waals surface area contributed by atoms with E-state index in [0.717, 1.165) is 38.5 Å². The van der Waals surface area contributed by atoms with Gasteiger partial charge in [0.1, 0.15) is 12.4 Å². The van der Waals surface area contributed by atoms with Gasteiger partial charge < -0.3 is 15.0 Å². The quantitative estimate of drug-likeness (QED) is 0.677. The van der Waals surface area contributed by atoms with E-state index < -0.39 is 0 Å². The van der Waals surface area contributed by atoms with E-state index in [1.54, 1.807) is 0 Å². The van der Waals surface area contributed by atoms with Gasteiger partial charge in [-0.3, -0.25) is 0 Å².